The van der Waals surface area contributed by atoms with Crippen LogP contribution in [0.1, 0.15) is 29.0 Å². The van der Waals surface area contributed by atoms with E-state index in [0.717, 1.165) is 17.0 Å². The molecule has 0 radical (unpaired) electrons. The first-order chi connectivity index (χ1) is 11.6. The Bertz CT molecular complexity index is 842. The minimum atomic E-state index is 0.128. The normalized spacial score (nSPS) is 11.0. The number of aryl methyl sites for hydroxylation is 2. The Balaban J connectivity index is 1.68. The molecule has 1 aromatic heterocycles. The van der Waals surface area contributed by atoms with Gasteiger partial charge in [0, 0.05) is 25.6 Å². The molecular weight excluding hydrogens is 300 g/mol. The number of carbonyl (C=O) groups excluding carboxylic acids is 1. The number of aromatic nitrogens is 1. The fourth-order valence-electron chi connectivity index (χ4n) is 3.06. The van der Waals surface area contributed by atoms with Gasteiger partial charge in [-0.1, -0.05) is 47.6 Å². The van der Waals surface area contributed by atoms with Crippen molar-refractivity contribution in [2.75, 3.05) is 7.05 Å². The van der Waals surface area contributed by atoms with Crippen LogP contribution in [0.25, 0.3) is 10.8 Å². The third-order valence-corrected chi connectivity index (χ3v) is 4.48. The van der Waals surface area contributed by atoms with Crippen LogP contribution in [0.15, 0.2) is 47.0 Å². The molecule has 0 aliphatic heterocycles. The highest BCUT2D eigenvalue weighted by Gasteiger charge is 2.14. The zero-order valence-corrected chi connectivity index (χ0v) is 14.4. The van der Waals surface area contributed by atoms with Gasteiger partial charge < -0.3 is 9.42 Å². The van der Waals surface area contributed by atoms with E-state index in [0.29, 0.717) is 19.4 Å². The molecule has 24 heavy (non-hydrogen) atoms. The van der Waals surface area contributed by atoms with Crippen molar-refractivity contribution in [1.82, 2.24) is 10.1 Å². The Labute approximate surface area is 142 Å². The number of fused-ring (bicyclic) bond motifs is 1. The number of hydrogen-bond donors (Lipinski definition) is 0. The van der Waals surface area contributed by atoms with Crippen molar-refractivity contribution in [2.24, 2.45) is 0 Å². The number of carbonyl (C=O) groups is 1. The third-order valence-electron chi connectivity index (χ3n) is 4.48. The van der Waals surface area contributed by atoms with Gasteiger partial charge in [0.2, 0.25) is 5.91 Å². The van der Waals surface area contributed by atoms with E-state index in [2.05, 4.69) is 29.4 Å². The van der Waals surface area contributed by atoms with Gasteiger partial charge in [-0.05, 0) is 36.6 Å². The summed E-state index contributed by atoms with van der Waals surface area (Å²) in [7, 11) is 1.86. The summed E-state index contributed by atoms with van der Waals surface area (Å²) in [6.07, 6.45) is 1.13. The van der Waals surface area contributed by atoms with Crippen molar-refractivity contribution in [1.29, 1.82) is 0 Å². The smallest absolute Gasteiger partial charge is 0.222 e. The second-order valence-corrected chi connectivity index (χ2v) is 6.19. The predicted molar refractivity (Wildman–Crippen MR) is 94.7 cm³/mol. The molecule has 0 unspecified atom stereocenters. The molecule has 1 heterocycles. The summed E-state index contributed by atoms with van der Waals surface area (Å²) in [5.41, 5.74) is 3.08. The number of hydrogen-bond acceptors (Lipinski definition) is 3. The Morgan fingerprint density at radius 3 is 2.62 bits per heavy atom. The Morgan fingerprint density at radius 1 is 1.12 bits per heavy atom. The van der Waals surface area contributed by atoms with E-state index in [-0.39, 0.29) is 5.91 Å². The van der Waals surface area contributed by atoms with Crippen LogP contribution in [0.3, 0.4) is 0 Å². The van der Waals surface area contributed by atoms with Crippen LogP contribution in [0.5, 0.6) is 0 Å². The van der Waals surface area contributed by atoms with Crippen LogP contribution in [0.4, 0.5) is 0 Å². The van der Waals surface area contributed by atoms with Crippen LogP contribution < -0.4 is 0 Å². The molecule has 0 aliphatic rings. The summed E-state index contributed by atoms with van der Waals surface area (Å²) in [4.78, 5) is 14.3. The molecule has 0 fully saturated rings. The molecule has 0 saturated heterocycles. The van der Waals surface area contributed by atoms with E-state index in [4.69, 9.17) is 4.52 Å². The molecule has 0 spiro atoms. The molecule has 4 nitrogen and oxygen atoms in total. The van der Waals surface area contributed by atoms with Gasteiger partial charge in [0.25, 0.3) is 0 Å². The lowest BCUT2D eigenvalue weighted by Crippen LogP contribution is -2.26. The van der Waals surface area contributed by atoms with Gasteiger partial charge in [0.1, 0.15) is 5.76 Å². The summed E-state index contributed by atoms with van der Waals surface area (Å²) in [6, 6.07) is 14.5. The fourth-order valence-corrected chi connectivity index (χ4v) is 3.06. The topological polar surface area (TPSA) is 46.3 Å². The number of nitrogens with zero attached hydrogens (tertiary/aromatic N) is 2. The molecule has 0 bridgehead atoms. The first kappa shape index (κ1) is 16.2. The molecule has 0 atom stereocenters. The minimum absolute atomic E-state index is 0.128. The summed E-state index contributed by atoms with van der Waals surface area (Å²) in [5.74, 6) is 0.931. The van der Waals surface area contributed by atoms with Gasteiger partial charge in [-0.15, -0.1) is 0 Å². The maximum Gasteiger partial charge on any atom is 0.222 e. The van der Waals surface area contributed by atoms with Gasteiger partial charge >= 0.3 is 0 Å². The second kappa shape index (κ2) is 6.87. The third kappa shape index (κ3) is 3.32. The summed E-state index contributed by atoms with van der Waals surface area (Å²) < 4.78 is 5.16. The highest BCUT2D eigenvalue weighted by Crippen LogP contribution is 2.20. The molecule has 124 valence electrons. The molecular formula is C20H22N2O2. The predicted octanol–water partition coefficient (Wildman–Crippen LogP) is 4.04. The van der Waals surface area contributed by atoms with Crippen molar-refractivity contribution in [3.05, 3.63) is 65.0 Å². The van der Waals surface area contributed by atoms with Crippen LogP contribution >= 0.6 is 0 Å². The summed E-state index contributed by atoms with van der Waals surface area (Å²) >= 11 is 0. The average Bonchev–Trinajstić information content (AvgIpc) is 2.91. The zero-order valence-electron chi connectivity index (χ0n) is 14.4. The molecule has 0 saturated carbocycles. The molecule has 1 amide bonds. The number of rotatable bonds is 5. The highest BCUT2D eigenvalue weighted by molar-refractivity contribution is 5.86. The lowest BCUT2D eigenvalue weighted by Gasteiger charge is -2.18. The molecule has 0 N–H and O–H groups in total. The van der Waals surface area contributed by atoms with Crippen LogP contribution in [0.2, 0.25) is 0 Å². The Hall–Kier alpha value is -2.62. The number of benzene rings is 2. The van der Waals surface area contributed by atoms with Gasteiger partial charge in [0.15, 0.2) is 0 Å². The van der Waals surface area contributed by atoms with Gasteiger partial charge in [0.05, 0.1) is 5.69 Å². The maximum atomic E-state index is 12.5. The van der Waals surface area contributed by atoms with E-state index < -0.39 is 0 Å². The minimum Gasteiger partial charge on any atom is -0.361 e. The molecule has 0 aliphatic carbocycles. The van der Waals surface area contributed by atoms with E-state index in [1.165, 1.54) is 16.3 Å². The zero-order chi connectivity index (χ0) is 17.1. The first-order valence-corrected chi connectivity index (χ1v) is 8.18. The lowest BCUT2D eigenvalue weighted by atomic mass is 10.0. The monoisotopic (exact) mass is 322 g/mol. The van der Waals surface area contributed by atoms with Crippen molar-refractivity contribution in [3.8, 4) is 0 Å². The molecule has 3 rings (SSSR count). The van der Waals surface area contributed by atoms with E-state index in [1.807, 2.05) is 39.1 Å². The average molecular weight is 322 g/mol. The van der Waals surface area contributed by atoms with Gasteiger partial charge in [-0.3, -0.25) is 4.79 Å². The second-order valence-electron chi connectivity index (χ2n) is 6.19. The lowest BCUT2D eigenvalue weighted by molar-refractivity contribution is -0.130. The SMILES string of the molecule is Cc1noc(C)c1CCC(=O)N(C)Cc1cccc2ccccc12. The standard InChI is InChI=1S/C20H22N2O2/c1-14-18(15(2)24-21-14)11-12-20(23)22(3)13-17-9-6-8-16-7-4-5-10-19(16)17/h4-10H,11-13H2,1-3H3. The van der Waals surface area contributed by atoms with Crippen molar-refractivity contribution in [3.63, 3.8) is 0 Å². The van der Waals surface area contributed by atoms with Crippen molar-refractivity contribution >= 4 is 16.7 Å². The van der Waals surface area contributed by atoms with E-state index in [9.17, 15) is 4.79 Å². The summed E-state index contributed by atoms with van der Waals surface area (Å²) in [5, 5.41) is 6.34. The highest BCUT2D eigenvalue weighted by atomic mass is 16.5. The van der Waals surface area contributed by atoms with Crippen molar-refractivity contribution < 1.29 is 9.32 Å². The fraction of sp³-hybridized carbons (Fsp3) is 0.300. The largest absolute Gasteiger partial charge is 0.361 e. The Morgan fingerprint density at radius 2 is 1.88 bits per heavy atom. The molecule has 3 aromatic rings. The quantitative estimate of drug-likeness (QED) is 0.712. The maximum absolute atomic E-state index is 12.5. The van der Waals surface area contributed by atoms with E-state index >= 15 is 0 Å². The first-order valence-electron chi connectivity index (χ1n) is 8.18. The van der Waals surface area contributed by atoms with Crippen LogP contribution in [0, 0.1) is 13.8 Å². The van der Waals surface area contributed by atoms with Crippen molar-refractivity contribution in [2.45, 2.75) is 33.2 Å². The molecule has 2 aromatic carbocycles. The number of amides is 1. The van der Waals surface area contributed by atoms with Crippen LogP contribution in [-0.2, 0) is 17.8 Å². The van der Waals surface area contributed by atoms with Gasteiger partial charge in [-0.25, -0.2) is 0 Å². The van der Waals surface area contributed by atoms with E-state index in [1.54, 1.807) is 4.90 Å². The summed E-state index contributed by atoms with van der Waals surface area (Å²) in [6.45, 7) is 4.41. The Kier molecular flexibility index (Phi) is 4.65. The van der Waals surface area contributed by atoms with Gasteiger partial charge in [-0.2, -0.15) is 0 Å². The molecule has 4 heteroatoms. The van der Waals surface area contributed by atoms with Crippen LogP contribution in [-0.4, -0.2) is 23.0 Å².